The Balaban J connectivity index is 2.01. The summed E-state index contributed by atoms with van der Waals surface area (Å²) >= 11 is 0. The first-order chi connectivity index (χ1) is 12.4. The maximum absolute atomic E-state index is 12.9. The van der Waals surface area contributed by atoms with Crippen LogP contribution >= 0.6 is 0 Å². The molecule has 7 heteroatoms. The number of nitrogen functional groups attached to an aromatic ring is 2. The second-order valence-electron chi connectivity index (χ2n) is 6.77. The molecule has 3 rings (SSSR count). The Morgan fingerprint density at radius 2 is 1.69 bits per heavy atom. The number of carbonyl (C=O) groups is 2. The molecule has 0 spiro atoms. The molecule has 1 aliphatic rings. The van der Waals surface area contributed by atoms with E-state index in [1.165, 1.54) is 6.42 Å². The van der Waals surface area contributed by atoms with Crippen molar-refractivity contribution in [2.45, 2.75) is 32.4 Å². The van der Waals surface area contributed by atoms with Gasteiger partial charge in [0.15, 0.2) is 0 Å². The molecule has 1 saturated heterocycles. The van der Waals surface area contributed by atoms with E-state index < -0.39 is 5.91 Å². The van der Waals surface area contributed by atoms with Crippen LogP contribution in [0.15, 0.2) is 24.3 Å². The predicted molar refractivity (Wildman–Crippen MR) is 104 cm³/mol. The lowest BCUT2D eigenvalue weighted by Gasteiger charge is -2.32. The molecule has 1 unspecified atom stereocenters. The van der Waals surface area contributed by atoms with Gasteiger partial charge in [-0.15, -0.1) is 0 Å². The van der Waals surface area contributed by atoms with Gasteiger partial charge in [0.25, 0.3) is 11.8 Å². The standard InChI is InChI=1S/C19H25N5O2/c1-11(24-9-3-2-4-10-24)23-19(26)13-6-7-14(20)12-5-8-15(21)17(16(12)13)18(22)25/h5-8,11H,2-4,9-10,20-21H2,1H3,(H2,22,25)(H,23,26). The number of nitrogens with zero attached hydrogens (tertiary/aromatic N) is 1. The molecule has 138 valence electrons. The summed E-state index contributed by atoms with van der Waals surface area (Å²) in [5.41, 5.74) is 18.7. The minimum Gasteiger partial charge on any atom is -0.398 e. The minimum atomic E-state index is -0.683. The summed E-state index contributed by atoms with van der Waals surface area (Å²) in [6.07, 6.45) is 3.38. The first kappa shape index (κ1) is 18.0. The average molecular weight is 355 g/mol. The van der Waals surface area contributed by atoms with E-state index in [1.807, 2.05) is 6.92 Å². The van der Waals surface area contributed by atoms with Gasteiger partial charge in [0, 0.05) is 40.8 Å². The topological polar surface area (TPSA) is 127 Å². The van der Waals surface area contributed by atoms with Gasteiger partial charge in [-0.2, -0.15) is 0 Å². The number of hydrogen-bond acceptors (Lipinski definition) is 5. The smallest absolute Gasteiger partial charge is 0.253 e. The van der Waals surface area contributed by atoms with E-state index in [-0.39, 0.29) is 23.3 Å². The molecular weight excluding hydrogens is 330 g/mol. The third kappa shape index (κ3) is 3.30. The number of nitrogens with two attached hydrogens (primary N) is 3. The fraction of sp³-hybridized carbons (Fsp3) is 0.368. The van der Waals surface area contributed by atoms with Gasteiger partial charge in [-0.3, -0.25) is 14.5 Å². The van der Waals surface area contributed by atoms with Crippen LogP contribution < -0.4 is 22.5 Å². The summed E-state index contributed by atoms with van der Waals surface area (Å²) in [6.45, 7) is 3.89. The number of carbonyl (C=O) groups excluding carboxylic acids is 2. The van der Waals surface area contributed by atoms with Crippen LogP contribution in [-0.4, -0.2) is 36.0 Å². The fourth-order valence-electron chi connectivity index (χ4n) is 3.60. The molecule has 7 N–H and O–H groups in total. The zero-order chi connectivity index (χ0) is 18.8. The van der Waals surface area contributed by atoms with Crippen molar-refractivity contribution in [3.05, 3.63) is 35.4 Å². The molecule has 26 heavy (non-hydrogen) atoms. The van der Waals surface area contributed by atoms with Gasteiger partial charge in [-0.25, -0.2) is 0 Å². The molecule has 7 nitrogen and oxygen atoms in total. The number of likely N-dealkylation sites (tertiary alicyclic amines) is 1. The van der Waals surface area contributed by atoms with E-state index in [4.69, 9.17) is 17.2 Å². The molecule has 2 aromatic rings. The van der Waals surface area contributed by atoms with Crippen LogP contribution in [0, 0.1) is 0 Å². The van der Waals surface area contributed by atoms with Crippen LogP contribution in [0.2, 0.25) is 0 Å². The number of fused-ring (bicyclic) bond motifs is 1. The van der Waals surface area contributed by atoms with Gasteiger partial charge in [-0.05, 0) is 38.0 Å². The van der Waals surface area contributed by atoms with Gasteiger partial charge < -0.3 is 22.5 Å². The van der Waals surface area contributed by atoms with Crippen LogP contribution in [-0.2, 0) is 0 Å². The molecule has 1 aliphatic heterocycles. The summed E-state index contributed by atoms with van der Waals surface area (Å²) in [6, 6.07) is 6.56. The van der Waals surface area contributed by atoms with E-state index in [2.05, 4.69) is 10.2 Å². The molecule has 1 fully saturated rings. The van der Waals surface area contributed by atoms with E-state index in [9.17, 15) is 9.59 Å². The Morgan fingerprint density at radius 1 is 1.04 bits per heavy atom. The SMILES string of the molecule is CC(NC(=O)c1ccc(N)c2ccc(N)c(C(N)=O)c12)N1CCCCC1. The van der Waals surface area contributed by atoms with Gasteiger partial charge in [0.1, 0.15) is 0 Å². The number of hydrogen-bond donors (Lipinski definition) is 4. The maximum atomic E-state index is 12.9. The highest BCUT2D eigenvalue weighted by atomic mass is 16.2. The Bertz CT molecular complexity index is 859. The molecular formula is C19H25N5O2. The number of amides is 2. The van der Waals surface area contributed by atoms with Crippen molar-refractivity contribution in [1.82, 2.24) is 10.2 Å². The Morgan fingerprint density at radius 3 is 2.35 bits per heavy atom. The Labute approximate surface area is 152 Å². The monoisotopic (exact) mass is 355 g/mol. The van der Waals surface area contributed by atoms with Crippen LogP contribution in [0.25, 0.3) is 10.8 Å². The first-order valence-electron chi connectivity index (χ1n) is 8.85. The molecule has 0 saturated carbocycles. The number of anilines is 2. The molecule has 0 aliphatic carbocycles. The average Bonchev–Trinajstić information content (AvgIpc) is 2.62. The Hall–Kier alpha value is -2.80. The molecule has 2 amide bonds. The summed E-state index contributed by atoms with van der Waals surface area (Å²) in [7, 11) is 0. The molecule has 2 aromatic carbocycles. The van der Waals surface area contributed by atoms with Crippen LogP contribution in [0.3, 0.4) is 0 Å². The van der Waals surface area contributed by atoms with Gasteiger partial charge in [0.05, 0.1) is 11.7 Å². The number of nitrogens with one attached hydrogen (secondary N) is 1. The lowest BCUT2D eigenvalue weighted by atomic mass is 9.95. The van der Waals surface area contributed by atoms with Gasteiger partial charge in [0.2, 0.25) is 0 Å². The molecule has 0 radical (unpaired) electrons. The van der Waals surface area contributed by atoms with E-state index in [0.29, 0.717) is 22.0 Å². The van der Waals surface area contributed by atoms with E-state index in [0.717, 1.165) is 25.9 Å². The molecule has 0 aromatic heterocycles. The van der Waals surface area contributed by atoms with Crippen molar-refractivity contribution >= 4 is 34.0 Å². The summed E-state index contributed by atoms with van der Waals surface area (Å²) < 4.78 is 0. The predicted octanol–water partition coefficient (Wildman–Crippen LogP) is 1.66. The van der Waals surface area contributed by atoms with Crippen molar-refractivity contribution < 1.29 is 9.59 Å². The highest BCUT2D eigenvalue weighted by Crippen LogP contribution is 2.31. The van der Waals surface area contributed by atoms with Crippen molar-refractivity contribution in [2.24, 2.45) is 5.73 Å². The quantitative estimate of drug-likeness (QED) is 0.620. The number of rotatable bonds is 4. The third-order valence-corrected chi connectivity index (χ3v) is 5.02. The number of piperidine rings is 1. The number of primary amides is 1. The second kappa shape index (κ2) is 7.21. The van der Waals surface area contributed by atoms with Crippen molar-refractivity contribution in [3.8, 4) is 0 Å². The molecule has 1 heterocycles. The van der Waals surface area contributed by atoms with Gasteiger partial charge in [-0.1, -0.05) is 12.5 Å². The minimum absolute atomic E-state index is 0.103. The van der Waals surface area contributed by atoms with Crippen LogP contribution in [0.5, 0.6) is 0 Å². The fourth-order valence-corrected chi connectivity index (χ4v) is 3.60. The second-order valence-corrected chi connectivity index (χ2v) is 6.77. The summed E-state index contributed by atoms with van der Waals surface area (Å²) in [5.74, 6) is -0.960. The van der Waals surface area contributed by atoms with Crippen molar-refractivity contribution in [1.29, 1.82) is 0 Å². The molecule has 0 bridgehead atoms. The summed E-state index contributed by atoms with van der Waals surface area (Å²) in [4.78, 5) is 27.1. The van der Waals surface area contributed by atoms with Crippen LogP contribution in [0.1, 0.15) is 46.9 Å². The Kier molecular flexibility index (Phi) is 4.99. The normalized spacial score (nSPS) is 16.3. The van der Waals surface area contributed by atoms with Crippen molar-refractivity contribution in [3.63, 3.8) is 0 Å². The van der Waals surface area contributed by atoms with E-state index >= 15 is 0 Å². The zero-order valence-electron chi connectivity index (χ0n) is 14.9. The summed E-state index contributed by atoms with van der Waals surface area (Å²) in [5, 5.41) is 4.01. The van der Waals surface area contributed by atoms with Crippen molar-refractivity contribution in [2.75, 3.05) is 24.6 Å². The maximum Gasteiger partial charge on any atom is 0.253 e. The third-order valence-electron chi connectivity index (χ3n) is 5.02. The van der Waals surface area contributed by atoms with Crippen LogP contribution in [0.4, 0.5) is 11.4 Å². The highest BCUT2D eigenvalue weighted by Gasteiger charge is 2.23. The van der Waals surface area contributed by atoms with E-state index in [1.54, 1.807) is 24.3 Å². The highest BCUT2D eigenvalue weighted by molar-refractivity contribution is 6.20. The largest absolute Gasteiger partial charge is 0.398 e. The lowest BCUT2D eigenvalue weighted by Crippen LogP contribution is -2.48. The molecule has 1 atom stereocenters. The lowest BCUT2D eigenvalue weighted by molar-refractivity contribution is 0.0841. The van der Waals surface area contributed by atoms with Gasteiger partial charge >= 0.3 is 0 Å². The zero-order valence-corrected chi connectivity index (χ0v) is 14.9. The number of benzene rings is 2. The first-order valence-corrected chi connectivity index (χ1v) is 8.85.